The number of aromatic nitrogens is 2. The summed E-state index contributed by atoms with van der Waals surface area (Å²) in [5, 5.41) is 25.1. The molecule has 1 aliphatic rings. The number of nitrogens with zero attached hydrogens (tertiary/aromatic N) is 3. The molecule has 0 atom stereocenters. The van der Waals surface area contributed by atoms with Crippen LogP contribution in [0.5, 0.6) is 0 Å². The van der Waals surface area contributed by atoms with Crippen LogP contribution in [0.25, 0.3) is 5.69 Å². The molecule has 20 heavy (non-hydrogen) atoms. The fraction of sp³-hybridized carbons (Fsp3) is 0.308. The van der Waals surface area contributed by atoms with Gasteiger partial charge in [0, 0.05) is 17.5 Å². The summed E-state index contributed by atoms with van der Waals surface area (Å²) >= 11 is 6.23. The summed E-state index contributed by atoms with van der Waals surface area (Å²) in [7, 11) is 0. The third kappa shape index (κ3) is 2.07. The highest BCUT2D eigenvalue weighted by atomic mass is 35.5. The first-order valence-electron chi connectivity index (χ1n) is 6.25. The molecule has 3 rings (SSSR count). The summed E-state index contributed by atoms with van der Waals surface area (Å²) in [5.41, 5.74) is 1.55. The van der Waals surface area contributed by atoms with Gasteiger partial charge in [0.15, 0.2) is 0 Å². The maximum Gasteiger partial charge on any atom is 0.294 e. The molecule has 1 saturated carbocycles. The number of aliphatic hydroxyl groups excluding tert-OH is 1. The molecule has 0 saturated heterocycles. The number of benzene rings is 1. The molecule has 0 bridgehead atoms. The number of hydrogen-bond acceptors (Lipinski definition) is 4. The molecule has 2 aromatic rings. The Kier molecular flexibility index (Phi) is 3.19. The van der Waals surface area contributed by atoms with Crippen molar-refractivity contribution in [2.45, 2.75) is 25.4 Å². The highest BCUT2D eigenvalue weighted by molar-refractivity contribution is 6.30. The van der Waals surface area contributed by atoms with Crippen LogP contribution in [0.1, 0.15) is 30.0 Å². The lowest BCUT2D eigenvalue weighted by molar-refractivity contribution is -0.384. The average molecular weight is 294 g/mol. The van der Waals surface area contributed by atoms with Crippen molar-refractivity contribution in [3.8, 4) is 5.69 Å². The highest BCUT2D eigenvalue weighted by Gasteiger charge is 2.32. The van der Waals surface area contributed by atoms with Gasteiger partial charge in [0.05, 0.1) is 17.2 Å². The summed E-state index contributed by atoms with van der Waals surface area (Å²) in [4.78, 5) is 10.6. The van der Waals surface area contributed by atoms with Crippen molar-refractivity contribution in [1.29, 1.82) is 0 Å². The quantitative estimate of drug-likeness (QED) is 0.694. The summed E-state index contributed by atoms with van der Waals surface area (Å²) in [6.07, 6.45) is 2.02. The molecule has 1 heterocycles. The van der Waals surface area contributed by atoms with E-state index in [4.69, 9.17) is 11.6 Å². The van der Waals surface area contributed by atoms with E-state index in [-0.39, 0.29) is 17.4 Å². The van der Waals surface area contributed by atoms with Crippen LogP contribution >= 0.6 is 11.6 Å². The normalized spacial score (nSPS) is 14.5. The SMILES string of the molecule is O=[N+]([O-])c1ccccc1-n1nc(C2CC2)c(CO)c1Cl. The van der Waals surface area contributed by atoms with E-state index in [1.165, 1.54) is 10.7 Å². The van der Waals surface area contributed by atoms with Crippen molar-refractivity contribution in [2.75, 3.05) is 0 Å². The second-order valence-corrected chi connectivity index (χ2v) is 5.10. The minimum Gasteiger partial charge on any atom is -0.391 e. The molecular formula is C13H12ClN3O3. The van der Waals surface area contributed by atoms with Crippen LogP contribution in [0.4, 0.5) is 5.69 Å². The van der Waals surface area contributed by atoms with Gasteiger partial charge in [-0.1, -0.05) is 23.7 Å². The third-order valence-corrected chi connectivity index (χ3v) is 3.77. The Labute approximate surface area is 119 Å². The van der Waals surface area contributed by atoms with Crippen LogP contribution in [0.15, 0.2) is 24.3 Å². The van der Waals surface area contributed by atoms with Gasteiger partial charge in [0.25, 0.3) is 5.69 Å². The van der Waals surface area contributed by atoms with E-state index in [0.717, 1.165) is 18.5 Å². The van der Waals surface area contributed by atoms with Gasteiger partial charge in [-0.3, -0.25) is 10.1 Å². The minimum atomic E-state index is -0.469. The molecule has 7 heteroatoms. The fourth-order valence-corrected chi connectivity index (χ4v) is 2.52. The third-order valence-electron chi connectivity index (χ3n) is 3.38. The summed E-state index contributed by atoms with van der Waals surface area (Å²) in [6, 6.07) is 6.28. The molecule has 104 valence electrons. The molecule has 0 aliphatic heterocycles. The molecule has 6 nitrogen and oxygen atoms in total. The van der Waals surface area contributed by atoms with Gasteiger partial charge >= 0.3 is 0 Å². The van der Waals surface area contributed by atoms with Crippen LogP contribution in [0.3, 0.4) is 0 Å². The molecule has 1 fully saturated rings. The van der Waals surface area contributed by atoms with Gasteiger partial charge in [-0.25, -0.2) is 4.68 Å². The van der Waals surface area contributed by atoms with Gasteiger partial charge in [-0.05, 0) is 18.9 Å². The topological polar surface area (TPSA) is 81.2 Å². The Bertz CT molecular complexity index is 679. The summed E-state index contributed by atoms with van der Waals surface area (Å²) < 4.78 is 1.35. The smallest absolute Gasteiger partial charge is 0.294 e. The number of hydrogen-bond donors (Lipinski definition) is 1. The largest absolute Gasteiger partial charge is 0.391 e. The number of nitro benzene ring substituents is 1. The molecule has 1 N–H and O–H groups in total. The van der Waals surface area contributed by atoms with E-state index in [1.54, 1.807) is 18.2 Å². The summed E-state index contributed by atoms with van der Waals surface area (Å²) in [6.45, 7) is -0.217. The van der Waals surface area contributed by atoms with Gasteiger partial charge in [0.2, 0.25) is 0 Å². The Hall–Kier alpha value is -1.92. The van der Waals surface area contributed by atoms with Gasteiger partial charge in [-0.15, -0.1) is 0 Å². The van der Waals surface area contributed by atoms with Crippen molar-refractivity contribution < 1.29 is 10.0 Å². The first-order valence-corrected chi connectivity index (χ1v) is 6.63. The van der Waals surface area contributed by atoms with Crippen LogP contribution in [0.2, 0.25) is 5.15 Å². The van der Waals surface area contributed by atoms with Crippen molar-refractivity contribution in [1.82, 2.24) is 9.78 Å². The second-order valence-electron chi connectivity index (χ2n) is 4.74. The molecule has 0 unspecified atom stereocenters. The van der Waals surface area contributed by atoms with E-state index in [2.05, 4.69) is 5.10 Å². The van der Waals surface area contributed by atoms with Crippen molar-refractivity contribution in [3.05, 3.63) is 50.8 Å². The van der Waals surface area contributed by atoms with Crippen molar-refractivity contribution in [2.24, 2.45) is 0 Å². The van der Waals surface area contributed by atoms with Crippen molar-refractivity contribution >= 4 is 17.3 Å². The van der Waals surface area contributed by atoms with E-state index in [0.29, 0.717) is 17.2 Å². The highest BCUT2D eigenvalue weighted by Crippen LogP contribution is 2.43. The monoisotopic (exact) mass is 293 g/mol. The fourth-order valence-electron chi connectivity index (χ4n) is 2.23. The number of aliphatic hydroxyl groups is 1. The lowest BCUT2D eigenvalue weighted by Gasteiger charge is -2.04. The molecule has 1 aliphatic carbocycles. The maximum absolute atomic E-state index is 11.1. The van der Waals surface area contributed by atoms with E-state index >= 15 is 0 Å². The van der Waals surface area contributed by atoms with Crippen LogP contribution < -0.4 is 0 Å². The van der Waals surface area contributed by atoms with E-state index in [1.807, 2.05) is 0 Å². The van der Waals surface area contributed by atoms with Gasteiger partial charge in [-0.2, -0.15) is 5.10 Å². The molecule has 1 aromatic carbocycles. The number of rotatable bonds is 4. The average Bonchev–Trinajstić information content (AvgIpc) is 3.23. The zero-order chi connectivity index (χ0) is 14.3. The van der Waals surface area contributed by atoms with Gasteiger partial charge < -0.3 is 5.11 Å². The Morgan fingerprint density at radius 1 is 1.45 bits per heavy atom. The predicted octanol–water partition coefficient (Wildman–Crippen LogP) is 2.80. The Morgan fingerprint density at radius 3 is 2.75 bits per heavy atom. The number of para-hydroxylation sites is 2. The number of halogens is 1. The molecule has 0 spiro atoms. The lowest BCUT2D eigenvalue weighted by atomic mass is 10.2. The van der Waals surface area contributed by atoms with E-state index in [9.17, 15) is 15.2 Å². The summed E-state index contributed by atoms with van der Waals surface area (Å²) in [5.74, 6) is 0.304. The van der Waals surface area contributed by atoms with Crippen LogP contribution in [0, 0.1) is 10.1 Å². The zero-order valence-corrected chi connectivity index (χ0v) is 11.2. The lowest BCUT2D eigenvalue weighted by Crippen LogP contribution is -2.02. The number of nitro groups is 1. The zero-order valence-electron chi connectivity index (χ0n) is 10.5. The Morgan fingerprint density at radius 2 is 2.15 bits per heavy atom. The minimum absolute atomic E-state index is 0.0660. The molecule has 1 aromatic heterocycles. The predicted molar refractivity (Wildman–Crippen MR) is 73.1 cm³/mol. The Balaban J connectivity index is 2.18. The molecule has 0 amide bonds. The molecular weight excluding hydrogens is 282 g/mol. The first-order chi connectivity index (χ1) is 9.63. The standard InChI is InChI=1S/C13H12ClN3O3/c14-13-9(7-18)12(8-5-6-8)15-16(13)10-3-1-2-4-11(10)17(19)20/h1-4,8,18H,5-7H2. The van der Waals surface area contributed by atoms with E-state index < -0.39 is 4.92 Å². The van der Waals surface area contributed by atoms with Gasteiger partial charge in [0.1, 0.15) is 10.8 Å². The van der Waals surface area contributed by atoms with Crippen molar-refractivity contribution in [3.63, 3.8) is 0 Å². The van der Waals surface area contributed by atoms with Crippen LogP contribution in [-0.4, -0.2) is 19.8 Å². The molecule has 0 radical (unpaired) electrons. The van der Waals surface area contributed by atoms with Crippen LogP contribution in [-0.2, 0) is 6.61 Å². The second kappa shape index (κ2) is 4.88. The maximum atomic E-state index is 11.1. The first kappa shape index (κ1) is 13.1.